The normalized spacial score (nSPS) is 15.2. The van der Waals surface area contributed by atoms with Crippen LogP contribution in [0.2, 0.25) is 10.0 Å². The first kappa shape index (κ1) is 34.9. The van der Waals surface area contributed by atoms with Gasteiger partial charge in [-0.25, -0.2) is 13.5 Å². The van der Waals surface area contributed by atoms with Gasteiger partial charge in [-0.2, -0.15) is 13.2 Å². The summed E-state index contributed by atoms with van der Waals surface area (Å²) in [5.41, 5.74) is 4.91. The molecule has 13 heteroatoms. The van der Waals surface area contributed by atoms with Crippen LogP contribution in [-0.4, -0.2) is 50.7 Å². The van der Waals surface area contributed by atoms with Crippen LogP contribution in [0.3, 0.4) is 0 Å². The fourth-order valence-corrected chi connectivity index (χ4v) is 6.85. The third kappa shape index (κ3) is 9.37. The van der Waals surface area contributed by atoms with Crippen molar-refractivity contribution in [1.29, 1.82) is 0 Å². The van der Waals surface area contributed by atoms with Crippen LogP contribution < -0.4 is 15.8 Å². The molecule has 3 aromatic carbocycles. The maximum Gasteiger partial charge on any atom is 0.485 e. The number of alkyl halides is 3. The van der Waals surface area contributed by atoms with Gasteiger partial charge in [-0.05, 0) is 85.2 Å². The molecule has 5 rings (SSSR count). The summed E-state index contributed by atoms with van der Waals surface area (Å²) in [6, 6.07) is 23.0. The van der Waals surface area contributed by atoms with Crippen LogP contribution in [0.1, 0.15) is 61.1 Å². The van der Waals surface area contributed by atoms with E-state index in [-0.39, 0.29) is 31.0 Å². The molecule has 0 radical (unpaired) electrons. The van der Waals surface area contributed by atoms with E-state index in [0.29, 0.717) is 60.2 Å². The number of pyridine rings is 1. The summed E-state index contributed by atoms with van der Waals surface area (Å²) in [6.45, 7) is 0.482. The Kier molecular flexibility index (Phi) is 11.7. The molecule has 250 valence electrons. The van der Waals surface area contributed by atoms with Crippen molar-refractivity contribution < 1.29 is 26.9 Å². The Labute approximate surface area is 284 Å². The minimum absolute atomic E-state index is 0.0436. The molecule has 1 aliphatic rings. The summed E-state index contributed by atoms with van der Waals surface area (Å²) >= 11 is 12.4. The van der Waals surface area contributed by atoms with Gasteiger partial charge in [0.2, 0.25) is 22.8 Å². The van der Waals surface area contributed by atoms with Crippen LogP contribution in [-0.2, 0) is 15.8 Å². The number of unbranched alkanes of at least 4 members (excludes halogenated alkanes) is 2. The number of nitrogens with zero attached hydrogens (tertiary/aromatic N) is 2. The number of carbonyl (C=O) groups excluding carboxylic acids is 1. The average molecular weight is 708 g/mol. The van der Waals surface area contributed by atoms with Gasteiger partial charge in [-0.15, -0.1) is 0 Å². The molecule has 1 aromatic heterocycles. The fraction of sp³-hybridized carbons (Fsp3) is 0.353. The van der Waals surface area contributed by atoms with Crippen LogP contribution in [0.4, 0.5) is 18.9 Å². The Morgan fingerprint density at radius 1 is 0.936 bits per heavy atom. The Balaban J connectivity index is 1.46. The van der Waals surface area contributed by atoms with E-state index >= 15 is 0 Å². The van der Waals surface area contributed by atoms with Gasteiger partial charge in [0, 0.05) is 58.7 Å². The van der Waals surface area contributed by atoms with E-state index in [1.807, 2.05) is 66.7 Å². The number of ether oxygens (including phenoxy) is 1. The van der Waals surface area contributed by atoms with Crippen LogP contribution in [0.25, 0.3) is 10.9 Å². The molecule has 1 amide bonds. The fourth-order valence-electron chi connectivity index (χ4n) is 5.77. The number of primary amides is 1. The summed E-state index contributed by atoms with van der Waals surface area (Å²) in [6.07, 6.45) is 3.25. The lowest BCUT2D eigenvalue weighted by Crippen LogP contribution is -2.43. The van der Waals surface area contributed by atoms with Crippen molar-refractivity contribution in [1.82, 2.24) is 9.29 Å². The number of rotatable bonds is 13. The molecule has 4 aromatic rings. The number of carbonyl (C=O) groups is 1. The van der Waals surface area contributed by atoms with Crippen molar-refractivity contribution in [2.45, 2.75) is 56.0 Å². The first-order valence-corrected chi connectivity index (χ1v) is 17.2. The van der Waals surface area contributed by atoms with Crippen molar-refractivity contribution in [3.63, 3.8) is 0 Å². The second-order valence-electron chi connectivity index (χ2n) is 11.5. The number of hydrogen-bond acceptors (Lipinski definition) is 5. The number of aromatic nitrogens is 1. The molecule has 0 bridgehead atoms. The predicted molar refractivity (Wildman–Crippen MR) is 181 cm³/mol. The van der Waals surface area contributed by atoms with Gasteiger partial charge >= 0.3 is 5.51 Å². The van der Waals surface area contributed by atoms with E-state index in [9.17, 15) is 22.2 Å². The molecule has 0 saturated carbocycles. The molecule has 0 aliphatic carbocycles. The van der Waals surface area contributed by atoms with Crippen LogP contribution in [0.5, 0.6) is 5.88 Å². The number of benzene rings is 3. The summed E-state index contributed by atoms with van der Waals surface area (Å²) < 4.78 is 58.1. The van der Waals surface area contributed by atoms with E-state index in [1.165, 1.54) is 0 Å². The summed E-state index contributed by atoms with van der Waals surface area (Å²) in [7, 11) is -3.03. The van der Waals surface area contributed by atoms with Gasteiger partial charge in [0.25, 0.3) is 0 Å². The summed E-state index contributed by atoms with van der Waals surface area (Å²) in [5.74, 6) is -0.0778. The number of piperidine rings is 1. The topological polar surface area (TPSA) is 97.5 Å². The van der Waals surface area contributed by atoms with Crippen molar-refractivity contribution in [3.05, 3.63) is 99.5 Å². The lowest BCUT2D eigenvalue weighted by atomic mass is 9.84. The highest BCUT2D eigenvalue weighted by Crippen LogP contribution is 2.37. The third-order valence-corrected chi connectivity index (χ3v) is 9.85. The Morgan fingerprint density at radius 2 is 1.53 bits per heavy atom. The molecular formula is C34H35Cl2F3N4O3S. The van der Waals surface area contributed by atoms with E-state index < -0.39 is 16.5 Å². The number of anilines is 1. The largest absolute Gasteiger partial charge is 0.485 e. The molecule has 1 unspecified atom stereocenters. The SMILES string of the molecule is NC(=O)CCCCCOc1cc(NC2CCN(S(=O)C(F)(F)F)CC2)c2cc(C(c3ccc(Cl)cc3)c3ccc(Cl)cc3)ccc2n1. The van der Waals surface area contributed by atoms with Gasteiger partial charge in [0.05, 0.1) is 12.1 Å². The van der Waals surface area contributed by atoms with Crippen LogP contribution >= 0.6 is 23.2 Å². The third-order valence-electron chi connectivity index (χ3n) is 8.11. The number of halogens is 5. The summed E-state index contributed by atoms with van der Waals surface area (Å²) in [4.78, 5) is 15.8. The van der Waals surface area contributed by atoms with E-state index in [1.54, 1.807) is 0 Å². The number of hydrogen-bond donors (Lipinski definition) is 2. The lowest BCUT2D eigenvalue weighted by molar-refractivity contribution is -0.118. The lowest BCUT2D eigenvalue weighted by Gasteiger charge is -2.32. The summed E-state index contributed by atoms with van der Waals surface area (Å²) in [5, 5.41) is 5.61. The van der Waals surface area contributed by atoms with Gasteiger partial charge in [0.15, 0.2) is 0 Å². The molecular weight excluding hydrogens is 672 g/mol. The molecule has 1 saturated heterocycles. The Hall–Kier alpha value is -3.38. The van der Waals surface area contributed by atoms with Gasteiger partial charge in [0.1, 0.15) is 0 Å². The molecule has 0 spiro atoms. The minimum Gasteiger partial charge on any atom is -0.478 e. The van der Waals surface area contributed by atoms with Crippen molar-refractivity contribution in [3.8, 4) is 5.88 Å². The second kappa shape index (κ2) is 15.7. The second-order valence-corrected chi connectivity index (χ2v) is 13.8. The standard InChI is InChI=1S/C34H35Cl2F3N4O3S/c35-25-10-5-22(6-11-25)33(23-7-12-26(36)13-8-23)24-9-14-29-28(20-24)30(21-32(42-29)46-19-3-1-2-4-31(40)44)41-27-15-17-43(18-16-27)47(45)34(37,38)39/h5-14,20-21,27,33H,1-4,15-19H2,(H2,40,44)(H,41,42). The maximum atomic E-state index is 13.1. The molecule has 3 N–H and O–H groups in total. The number of amides is 1. The Bertz CT molecular complexity index is 1650. The molecule has 1 fully saturated rings. The van der Waals surface area contributed by atoms with Crippen molar-refractivity contribution >= 4 is 56.7 Å². The first-order valence-electron chi connectivity index (χ1n) is 15.3. The zero-order valence-electron chi connectivity index (χ0n) is 25.4. The van der Waals surface area contributed by atoms with E-state index in [0.717, 1.165) is 38.5 Å². The van der Waals surface area contributed by atoms with Gasteiger partial charge < -0.3 is 15.8 Å². The van der Waals surface area contributed by atoms with Crippen molar-refractivity contribution in [2.75, 3.05) is 25.0 Å². The molecule has 7 nitrogen and oxygen atoms in total. The van der Waals surface area contributed by atoms with Crippen molar-refractivity contribution in [2.24, 2.45) is 5.73 Å². The smallest absolute Gasteiger partial charge is 0.478 e. The molecule has 47 heavy (non-hydrogen) atoms. The molecule has 2 heterocycles. The maximum absolute atomic E-state index is 13.1. The zero-order valence-corrected chi connectivity index (χ0v) is 27.8. The van der Waals surface area contributed by atoms with Gasteiger partial charge in [-0.1, -0.05) is 53.5 Å². The average Bonchev–Trinajstić information content (AvgIpc) is 3.04. The first-order chi connectivity index (χ1) is 22.5. The highest BCUT2D eigenvalue weighted by molar-refractivity contribution is 7.83. The quantitative estimate of drug-likeness (QED) is 0.108. The number of fused-ring (bicyclic) bond motifs is 1. The predicted octanol–water partition coefficient (Wildman–Crippen LogP) is 8.21. The number of nitrogens with two attached hydrogens (primary N) is 1. The zero-order chi connectivity index (χ0) is 33.6. The van der Waals surface area contributed by atoms with E-state index in [2.05, 4.69) is 11.4 Å². The highest BCUT2D eigenvalue weighted by atomic mass is 35.5. The molecule has 1 atom stereocenters. The Morgan fingerprint density at radius 3 is 2.11 bits per heavy atom. The van der Waals surface area contributed by atoms with E-state index in [4.69, 9.17) is 38.7 Å². The number of nitrogens with one attached hydrogen (secondary N) is 1. The highest BCUT2D eigenvalue weighted by Gasteiger charge is 2.42. The minimum atomic E-state index is -4.78. The van der Waals surface area contributed by atoms with Gasteiger partial charge in [-0.3, -0.25) is 4.79 Å². The molecule has 1 aliphatic heterocycles. The van der Waals surface area contributed by atoms with Crippen LogP contribution in [0.15, 0.2) is 72.8 Å². The van der Waals surface area contributed by atoms with Crippen LogP contribution in [0, 0.1) is 0 Å². The monoisotopic (exact) mass is 706 g/mol.